The number of benzene rings is 5. The number of nitrogens with zero attached hydrogens (tertiary/aromatic N) is 5. The summed E-state index contributed by atoms with van der Waals surface area (Å²) in [4.78, 5) is 29.9. The van der Waals surface area contributed by atoms with Crippen molar-refractivity contribution in [3.05, 3.63) is 190 Å². The number of para-hydroxylation sites is 2. The van der Waals surface area contributed by atoms with Gasteiger partial charge in [-0.05, 0) is 147 Å². The van der Waals surface area contributed by atoms with Crippen LogP contribution < -0.4 is 49.1 Å². The van der Waals surface area contributed by atoms with Gasteiger partial charge in [0.25, 0.3) is 5.91 Å². The maximum absolute atomic E-state index is 12.9. The predicted octanol–water partition coefficient (Wildman–Crippen LogP) is 10.6. The van der Waals surface area contributed by atoms with Crippen LogP contribution in [0.1, 0.15) is 107 Å². The Morgan fingerprint density at radius 1 is 0.659 bits per heavy atom. The Kier molecular flexibility index (Phi) is 25.3. The van der Waals surface area contributed by atoms with Gasteiger partial charge in [0.2, 0.25) is 11.6 Å². The SMILES string of the molecule is CCCN1/C(=C/C=C2\CCCC(/C=C/C3=[N+](CCC)c4ccccc4C3(C)C)=C2Oc2ccc(CCC(=O)NCCOCCOCCOCCOCCNC(=O)c3ccc(N=Nc4ccc(N(C)C)cc4)cc3)cc2)C(C)(C)c2ccccc21.[I-]. The molecule has 5 aromatic carbocycles. The molecule has 0 radical (unpaired) electrons. The number of halogens is 1. The molecule has 5 aromatic rings. The van der Waals surface area contributed by atoms with Gasteiger partial charge in [-0.1, -0.05) is 82.3 Å². The molecule has 452 valence electrons. The monoisotopic (exact) mass is 1270 g/mol. The zero-order chi connectivity index (χ0) is 59.3. The summed E-state index contributed by atoms with van der Waals surface area (Å²) in [5, 5.41) is 14.4. The molecule has 2 aliphatic heterocycles. The molecule has 2 heterocycles. The first kappa shape index (κ1) is 65.8. The minimum atomic E-state index is -0.185. The Morgan fingerprint density at radius 2 is 1.26 bits per heavy atom. The molecule has 0 aromatic heterocycles. The lowest BCUT2D eigenvalue weighted by atomic mass is 9.81. The molecule has 0 atom stereocenters. The van der Waals surface area contributed by atoms with Crippen molar-refractivity contribution in [3.8, 4) is 5.75 Å². The van der Waals surface area contributed by atoms with E-state index < -0.39 is 0 Å². The lowest BCUT2D eigenvalue weighted by Gasteiger charge is -2.27. The number of rotatable bonds is 31. The number of amides is 2. The number of aryl methyl sites for hydroxylation is 1. The molecule has 0 saturated heterocycles. The highest BCUT2D eigenvalue weighted by atomic mass is 127. The standard InChI is InChI=1S/C70H87N7O7.HI/c1-9-42-76-62-20-13-11-18-60(62)69(3,4)64(76)37-27-53-16-15-17-54(28-38-65-70(5,6)61-19-12-14-21-63(61)77(65)43-10-2)67(53)84-59-35-22-52(23-36-59)24-39-66(78)71-40-44-80-46-48-82-50-51-83-49-47-81-45-41-72-68(79)55-25-29-56(30-26-55)73-74-57-31-33-58(34-32-57)75(7)8;/h11-14,18-23,25-38H,9-10,15-17,24,39-51H2,1-8H3,(H-,71,72,78,79);1H. The Labute approximate surface area is 522 Å². The van der Waals surface area contributed by atoms with E-state index in [4.69, 9.17) is 23.7 Å². The zero-order valence-corrected chi connectivity index (χ0v) is 53.4. The van der Waals surface area contributed by atoms with Crippen LogP contribution in [0.25, 0.3) is 0 Å². The summed E-state index contributed by atoms with van der Waals surface area (Å²) in [6.07, 6.45) is 15.3. The molecular weight excluding hydrogens is 1180 g/mol. The number of carbonyl (C=O) groups is 2. The molecular formula is C70H88IN7O7. The first-order chi connectivity index (χ1) is 40.8. The number of ether oxygens (including phenoxy) is 5. The van der Waals surface area contributed by atoms with Crippen LogP contribution in [0.2, 0.25) is 0 Å². The van der Waals surface area contributed by atoms with Crippen LogP contribution in [0.15, 0.2) is 178 Å². The molecule has 0 spiro atoms. The maximum Gasteiger partial charge on any atom is 0.251 e. The van der Waals surface area contributed by atoms with E-state index in [0.29, 0.717) is 90.0 Å². The Hall–Kier alpha value is -6.76. The summed E-state index contributed by atoms with van der Waals surface area (Å²) >= 11 is 0. The summed E-state index contributed by atoms with van der Waals surface area (Å²) in [5.41, 5.74) is 14.2. The second kappa shape index (κ2) is 32.7. The maximum atomic E-state index is 12.9. The van der Waals surface area contributed by atoms with Crippen molar-refractivity contribution in [2.24, 2.45) is 10.2 Å². The topological polar surface area (TPSA) is 139 Å². The second-order valence-corrected chi connectivity index (χ2v) is 22.7. The molecule has 2 amide bonds. The number of carbonyl (C=O) groups excluding carboxylic acids is 2. The summed E-state index contributed by atoms with van der Waals surface area (Å²) < 4.78 is 32.0. The summed E-state index contributed by atoms with van der Waals surface area (Å²) in [5.74, 6) is 1.49. The van der Waals surface area contributed by atoms with Crippen LogP contribution >= 0.6 is 0 Å². The van der Waals surface area contributed by atoms with Crippen molar-refractivity contribution < 1.29 is 61.8 Å². The van der Waals surface area contributed by atoms with E-state index >= 15 is 0 Å². The van der Waals surface area contributed by atoms with Gasteiger partial charge in [-0.15, -0.1) is 0 Å². The molecule has 0 unspecified atom stereocenters. The van der Waals surface area contributed by atoms with Crippen LogP contribution in [0.4, 0.5) is 28.4 Å². The van der Waals surface area contributed by atoms with Gasteiger partial charge in [0.15, 0.2) is 5.71 Å². The van der Waals surface area contributed by atoms with E-state index in [1.807, 2.05) is 55.4 Å². The minimum Gasteiger partial charge on any atom is -1.00 e. The lowest BCUT2D eigenvalue weighted by molar-refractivity contribution is -0.437. The fraction of sp³-hybridized carbons (Fsp3) is 0.414. The number of allylic oxidation sites excluding steroid dienone is 7. The average Bonchev–Trinajstić information content (AvgIpc) is 2.23. The van der Waals surface area contributed by atoms with Crippen LogP contribution in [-0.4, -0.2) is 115 Å². The number of hydrogen-bond acceptors (Lipinski definition) is 11. The van der Waals surface area contributed by atoms with E-state index in [2.05, 4.69) is 157 Å². The first-order valence-corrected chi connectivity index (χ1v) is 30.1. The molecule has 1 aliphatic carbocycles. The largest absolute Gasteiger partial charge is 1.00 e. The van der Waals surface area contributed by atoms with E-state index in [1.165, 1.54) is 45.1 Å². The smallest absolute Gasteiger partial charge is 0.251 e. The summed E-state index contributed by atoms with van der Waals surface area (Å²) in [7, 11) is 3.98. The van der Waals surface area contributed by atoms with Crippen molar-refractivity contribution in [1.82, 2.24) is 10.6 Å². The van der Waals surface area contributed by atoms with Crippen molar-refractivity contribution in [3.63, 3.8) is 0 Å². The van der Waals surface area contributed by atoms with Gasteiger partial charge in [-0.2, -0.15) is 14.8 Å². The molecule has 14 nitrogen and oxygen atoms in total. The molecule has 0 fully saturated rings. The number of fused-ring (bicyclic) bond motifs is 2. The van der Waals surface area contributed by atoms with Gasteiger partial charge in [0, 0.05) is 92.3 Å². The number of hydrogen-bond donors (Lipinski definition) is 2. The highest BCUT2D eigenvalue weighted by Gasteiger charge is 2.44. The Balaban J connectivity index is 0.0000104. The summed E-state index contributed by atoms with van der Waals surface area (Å²) in [6.45, 7) is 19.9. The Morgan fingerprint density at radius 3 is 1.89 bits per heavy atom. The summed E-state index contributed by atoms with van der Waals surface area (Å²) in [6, 6.07) is 40.7. The molecule has 0 saturated carbocycles. The van der Waals surface area contributed by atoms with Gasteiger partial charge < -0.3 is 68.1 Å². The van der Waals surface area contributed by atoms with Gasteiger partial charge in [0.05, 0.1) is 69.6 Å². The van der Waals surface area contributed by atoms with Crippen LogP contribution in [0.5, 0.6) is 5.75 Å². The number of anilines is 2. The first-order valence-electron chi connectivity index (χ1n) is 30.1. The van der Waals surface area contributed by atoms with Gasteiger partial charge in [-0.3, -0.25) is 9.59 Å². The zero-order valence-electron chi connectivity index (χ0n) is 51.3. The molecule has 2 N–H and O–H groups in total. The fourth-order valence-corrected chi connectivity index (χ4v) is 11.1. The van der Waals surface area contributed by atoms with Crippen molar-refractivity contribution in [2.45, 2.75) is 97.3 Å². The fourth-order valence-electron chi connectivity index (χ4n) is 11.1. The predicted molar refractivity (Wildman–Crippen MR) is 338 cm³/mol. The van der Waals surface area contributed by atoms with Gasteiger partial charge >= 0.3 is 0 Å². The van der Waals surface area contributed by atoms with E-state index in [9.17, 15) is 9.59 Å². The van der Waals surface area contributed by atoms with E-state index in [-0.39, 0.29) is 46.6 Å². The number of azo groups is 1. The molecule has 3 aliphatic rings. The van der Waals surface area contributed by atoms with Gasteiger partial charge in [-0.25, -0.2) is 0 Å². The quantitative estimate of drug-likeness (QED) is 0.0192. The average molecular weight is 1270 g/mol. The van der Waals surface area contributed by atoms with Gasteiger partial charge in [0.1, 0.15) is 18.1 Å². The third kappa shape index (κ3) is 17.9. The van der Waals surface area contributed by atoms with E-state index in [1.54, 1.807) is 24.3 Å². The molecule has 0 bridgehead atoms. The Bertz CT molecular complexity index is 3180. The second-order valence-electron chi connectivity index (χ2n) is 22.7. The molecule has 85 heavy (non-hydrogen) atoms. The van der Waals surface area contributed by atoms with Crippen molar-refractivity contribution in [2.75, 3.05) is 103 Å². The highest BCUT2D eigenvalue weighted by molar-refractivity contribution is 6.03. The third-order valence-electron chi connectivity index (χ3n) is 15.6. The van der Waals surface area contributed by atoms with E-state index in [0.717, 1.165) is 73.6 Å². The van der Waals surface area contributed by atoms with Crippen molar-refractivity contribution in [1.29, 1.82) is 0 Å². The highest BCUT2D eigenvalue weighted by Crippen LogP contribution is 2.48. The molecule has 8 rings (SSSR count). The van der Waals surface area contributed by atoms with Crippen molar-refractivity contribution >= 4 is 46.0 Å². The van der Waals surface area contributed by atoms with Crippen LogP contribution in [0.3, 0.4) is 0 Å². The molecule has 15 heteroatoms. The number of nitrogens with one attached hydrogen (secondary N) is 2. The lowest BCUT2D eigenvalue weighted by Crippen LogP contribution is -3.00. The third-order valence-corrected chi connectivity index (χ3v) is 15.6. The normalized spacial score (nSPS) is 16.1. The minimum absolute atomic E-state index is 0. The van der Waals surface area contributed by atoms with Crippen LogP contribution in [-0.2, 0) is 41.0 Å². The van der Waals surface area contributed by atoms with Crippen LogP contribution in [0, 0.1) is 0 Å².